The molecule has 28 heavy (non-hydrogen) atoms. The van der Waals surface area contributed by atoms with Crippen molar-refractivity contribution >= 4 is 44.8 Å². The van der Waals surface area contributed by atoms with Crippen molar-refractivity contribution < 1.29 is 14.5 Å². The Hall–Kier alpha value is -2.58. The highest BCUT2D eigenvalue weighted by Crippen LogP contribution is 2.29. The minimum atomic E-state index is -0.464. The number of carbonyl (C=O) groups excluding carboxylic acids is 1. The summed E-state index contributed by atoms with van der Waals surface area (Å²) >= 11 is 3.14. The van der Waals surface area contributed by atoms with E-state index in [1.807, 2.05) is 12.1 Å². The molecule has 0 bridgehead atoms. The predicted molar refractivity (Wildman–Crippen MR) is 114 cm³/mol. The fourth-order valence-corrected chi connectivity index (χ4v) is 4.65. The van der Waals surface area contributed by atoms with Crippen molar-refractivity contribution in [1.29, 1.82) is 0 Å². The molecule has 1 N–H and O–H groups in total. The number of fused-ring (bicyclic) bond motifs is 1. The normalized spacial score (nSPS) is 10.8. The van der Waals surface area contributed by atoms with E-state index in [0.29, 0.717) is 18.1 Å². The molecule has 0 fully saturated rings. The molecule has 0 aliphatic rings. The van der Waals surface area contributed by atoms with Crippen molar-refractivity contribution in [2.24, 2.45) is 0 Å². The van der Waals surface area contributed by atoms with Crippen molar-refractivity contribution in [1.82, 2.24) is 5.32 Å². The number of hydrogen-bond donors (Lipinski definition) is 1. The first-order valence-corrected chi connectivity index (χ1v) is 10.7. The Morgan fingerprint density at radius 3 is 2.89 bits per heavy atom. The van der Waals surface area contributed by atoms with Crippen LogP contribution in [0.15, 0.2) is 47.8 Å². The van der Waals surface area contributed by atoms with Crippen LogP contribution in [-0.4, -0.2) is 30.2 Å². The number of nitro benzene ring substituents is 1. The largest absolute Gasteiger partial charge is 0.490 e. The van der Waals surface area contributed by atoms with E-state index in [4.69, 9.17) is 4.74 Å². The molecule has 0 spiro atoms. The minimum absolute atomic E-state index is 0.0347. The molecule has 3 aromatic rings. The first-order chi connectivity index (χ1) is 13.6. The summed E-state index contributed by atoms with van der Waals surface area (Å²) in [6.07, 6.45) is 0.797. The van der Waals surface area contributed by atoms with Crippen molar-refractivity contribution in [3.05, 3.63) is 69.1 Å². The van der Waals surface area contributed by atoms with Crippen LogP contribution in [-0.2, 0) is 17.0 Å². The molecule has 8 heteroatoms. The van der Waals surface area contributed by atoms with Gasteiger partial charge in [-0.1, -0.05) is 24.3 Å². The van der Waals surface area contributed by atoms with Crippen molar-refractivity contribution in [2.75, 3.05) is 19.4 Å². The summed E-state index contributed by atoms with van der Waals surface area (Å²) in [4.78, 5) is 22.6. The highest BCUT2D eigenvalue weighted by atomic mass is 32.2. The number of thiophene rings is 1. The number of benzene rings is 2. The van der Waals surface area contributed by atoms with Gasteiger partial charge in [-0.2, -0.15) is 0 Å². The fourth-order valence-electron chi connectivity index (χ4n) is 2.84. The van der Waals surface area contributed by atoms with E-state index in [-0.39, 0.29) is 17.3 Å². The van der Waals surface area contributed by atoms with Crippen LogP contribution in [0.3, 0.4) is 0 Å². The molecule has 6 nitrogen and oxygen atoms in total. The lowest BCUT2D eigenvalue weighted by molar-refractivity contribution is -0.385. The molecule has 0 aliphatic carbocycles. The molecular weight excluding hydrogens is 396 g/mol. The maximum Gasteiger partial charge on any atom is 0.311 e. The molecule has 146 valence electrons. The Bertz CT molecular complexity index is 987. The summed E-state index contributed by atoms with van der Waals surface area (Å²) in [6.45, 7) is 0.591. The average molecular weight is 417 g/mol. The molecule has 1 heterocycles. The van der Waals surface area contributed by atoms with Gasteiger partial charge in [-0.15, -0.1) is 23.1 Å². The molecular formula is C20H20N2O4S2. The van der Waals surface area contributed by atoms with Crippen LogP contribution >= 0.6 is 23.1 Å². The lowest BCUT2D eigenvalue weighted by atomic mass is 10.1. The second kappa shape index (κ2) is 9.57. The summed E-state index contributed by atoms with van der Waals surface area (Å²) in [5.74, 6) is 1.03. The van der Waals surface area contributed by atoms with Crippen LogP contribution in [0.2, 0.25) is 0 Å². The molecule has 0 saturated carbocycles. The maximum atomic E-state index is 12.0. The standard InChI is InChI=1S/C20H20N2O4S2/c1-26-18-7-6-14(10-17(18)22(24)25)11-27-13-20(23)21-9-8-15-12-28-19-5-3-2-4-16(15)19/h2-7,10,12H,8-9,11,13H2,1H3,(H,21,23). The topological polar surface area (TPSA) is 81.5 Å². The number of hydrogen-bond acceptors (Lipinski definition) is 6. The summed E-state index contributed by atoms with van der Waals surface area (Å²) < 4.78 is 6.25. The number of amides is 1. The Balaban J connectivity index is 1.43. The number of methoxy groups -OCH3 is 1. The highest BCUT2D eigenvalue weighted by Gasteiger charge is 2.15. The molecule has 0 saturated heterocycles. The Kier molecular flexibility index (Phi) is 6.89. The van der Waals surface area contributed by atoms with Crippen molar-refractivity contribution in [3.8, 4) is 5.75 Å². The van der Waals surface area contributed by atoms with Crippen LogP contribution in [0.4, 0.5) is 5.69 Å². The third kappa shape index (κ3) is 5.02. The van der Waals surface area contributed by atoms with E-state index in [1.165, 1.54) is 40.6 Å². The number of rotatable bonds is 9. The minimum Gasteiger partial charge on any atom is -0.490 e. The van der Waals surface area contributed by atoms with Gasteiger partial charge < -0.3 is 10.1 Å². The third-order valence-electron chi connectivity index (χ3n) is 4.22. The van der Waals surface area contributed by atoms with Gasteiger partial charge in [-0.05, 0) is 40.4 Å². The number of ether oxygens (including phenoxy) is 1. The van der Waals surface area contributed by atoms with E-state index in [0.717, 1.165) is 12.0 Å². The van der Waals surface area contributed by atoms with Crippen LogP contribution < -0.4 is 10.1 Å². The Morgan fingerprint density at radius 2 is 2.11 bits per heavy atom. The Morgan fingerprint density at radius 1 is 1.29 bits per heavy atom. The van der Waals surface area contributed by atoms with E-state index in [9.17, 15) is 14.9 Å². The number of nitrogens with one attached hydrogen (secondary N) is 1. The summed E-state index contributed by atoms with van der Waals surface area (Å²) in [5, 5.41) is 17.4. The van der Waals surface area contributed by atoms with Crippen LogP contribution in [0.25, 0.3) is 10.1 Å². The molecule has 2 aromatic carbocycles. The maximum absolute atomic E-state index is 12.0. The first kappa shape index (κ1) is 20.2. The van der Waals surface area contributed by atoms with E-state index in [1.54, 1.807) is 23.5 Å². The molecule has 1 amide bonds. The number of carbonyl (C=O) groups is 1. The molecule has 0 unspecified atom stereocenters. The van der Waals surface area contributed by atoms with Gasteiger partial charge >= 0.3 is 5.69 Å². The van der Waals surface area contributed by atoms with Gasteiger partial charge in [-0.3, -0.25) is 14.9 Å². The van der Waals surface area contributed by atoms with Gasteiger partial charge in [0, 0.05) is 23.1 Å². The SMILES string of the molecule is COc1ccc(CSCC(=O)NCCc2csc3ccccc23)cc1[N+](=O)[O-]. The monoisotopic (exact) mass is 416 g/mol. The van der Waals surface area contributed by atoms with Crippen LogP contribution in [0.1, 0.15) is 11.1 Å². The summed E-state index contributed by atoms with van der Waals surface area (Å²) in [7, 11) is 1.40. The molecule has 0 aliphatic heterocycles. The van der Waals surface area contributed by atoms with Gasteiger partial charge in [0.25, 0.3) is 0 Å². The fraction of sp³-hybridized carbons (Fsp3) is 0.250. The zero-order chi connectivity index (χ0) is 19.9. The molecule has 3 rings (SSSR count). The first-order valence-electron chi connectivity index (χ1n) is 8.69. The van der Waals surface area contributed by atoms with Crippen molar-refractivity contribution in [3.63, 3.8) is 0 Å². The second-order valence-corrected chi connectivity index (χ2v) is 8.01. The number of nitrogens with zero attached hydrogens (tertiary/aromatic N) is 1. The predicted octanol–water partition coefficient (Wildman–Crippen LogP) is 4.41. The highest BCUT2D eigenvalue weighted by molar-refractivity contribution is 7.99. The van der Waals surface area contributed by atoms with Gasteiger partial charge in [0.2, 0.25) is 5.91 Å². The quantitative estimate of drug-likeness (QED) is 0.413. The number of nitro groups is 1. The van der Waals surface area contributed by atoms with Gasteiger partial charge in [0.05, 0.1) is 17.8 Å². The molecule has 0 atom stereocenters. The number of thioether (sulfide) groups is 1. The summed E-state index contributed by atoms with van der Waals surface area (Å²) in [6, 6.07) is 13.1. The van der Waals surface area contributed by atoms with E-state index < -0.39 is 4.92 Å². The van der Waals surface area contributed by atoms with Crippen molar-refractivity contribution in [2.45, 2.75) is 12.2 Å². The zero-order valence-electron chi connectivity index (χ0n) is 15.3. The summed E-state index contributed by atoms with van der Waals surface area (Å²) in [5.41, 5.74) is 1.97. The van der Waals surface area contributed by atoms with Gasteiger partial charge in [0.15, 0.2) is 5.75 Å². The van der Waals surface area contributed by atoms with E-state index >= 15 is 0 Å². The zero-order valence-corrected chi connectivity index (χ0v) is 17.0. The smallest absolute Gasteiger partial charge is 0.311 e. The van der Waals surface area contributed by atoms with Crippen LogP contribution in [0.5, 0.6) is 5.75 Å². The van der Waals surface area contributed by atoms with Crippen LogP contribution in [0, 0.1) is 10.1 Å². The molecule has 1 aromatic heterocycles. The lowest BCUT2D eigenvalue weighted by Crippen LogP contribution is -2.27. The van der Waals surface area contributed by atoms with Gasteiger partial charge in [0.1, 0.15) is 0 Å². The average Bonchev–Trinajstić information content (AvgIpc) is 3.11. The van der Waals surface area contributed by atoms with E-state index in [2.05, 4.69) is 22.8 Å². The third-order valence-corrected chi connectivity index (χ3v) is 6.24. The lowest BCUT2D eigenvalue weighted by Gasteiger charge is -2.06. The van der Waals surface area contributed by atoms with Gasteiger partial charge in [-0.25, -0.2) is 0 Å². The molecule has 0 radical (unpaired) electrons. The Labute approximate surface area is 171 Å². The second-order valence-electron chi connectivity index (χ2n) is 6.11.